The smallest absolute Gasteiger partial charge is 0.328 e. The van der Waals surface area contributed by atoms with Gasteiger partial charge in [-0.1, -0.05) is 29.4 Å². The van der Waals surface area contributed by atoms with Crippen molar-refractivity contribution in [2.24, 2.45) is 0 Å². The summed E-state index contributed by atoms with van der Waals surface area (Å²) in [6, 6.07) is 6.60. The molecule has 1 atom stereocenters. The lowest BCUT2D eigenvalue weighted by Crippen LogP contribution is -2.49. The van der Waals surface area contributed by atoms with Gasteiger partial charge in [0, 0.05) is 17.1 Å². The Labute approximate surface area is 166 Å². The third-order valence-electron chi connectivity index (χ3n) is 4.18. The average molecular weight is 410 g/mol. The molecule has 0 N–H and O–H groups in total. The highest BCUT2D eigenvalue weighted by atomic mass is 35.5. The highest BCUT2D eigenvalue weighted by molar-refractivity contribution is 7.99. The van der Waals surface area contributed by atoms with E-state index in [9.17, 15) is 9.59 Å². The molecule has 0 spiro atoms. The lowest BCUT2D eigenvalue weighted by molar-refractivity contribution is -0.155. The SMILES string of the molecule is CCOC(=O)[C@@H]1CCCCN1C(=O)CSc1nnc(-c2cccc(Cl)c2)o1. The average Bonchev–Trinajstić information content (AvgIpc) is 3.15. The van der Waals surface area contributed by atoms with Gasteiger partial charge in [-0.05, 0) is 44.4 Å². The molecule has 144 valence electrons. The van der Waals surface area contributed by atoms with Crippen molar-refractivity contribution in [1.82, 2.24) is 15.1 Å². The second-order valence-corrected chi connectivity index (χ2v) is 7.39. The number of benzene rings is 1. The van der Waals surface area contributed by atoms with Crippen LogP contribution in [0.25, 0.3) is 11.5 Å². The molecule has 7 nitrogen and oxygen atoms in total. The van der Waals surface area contributed by atoms with Crippen molar-refractivity contribution < 1.29 is 18.7 Å². The summed E-state index contributed by atoms with van der Waals surface area (Å²) in [5, 5.41) is 8.82. The van der Waals surface area contributed by atoms with Crippen molar-refractivity contribution >= 4 is 35.2 Å². The van der Waals surface area contributed by atoms with Gasteiger partial charge in [0.25, 0.3) is 5.22 Å². The second-order valence-electron chi connectivity index (χ2n) is 6.02. The van der Waals surface area contributed by atoms with Crippen LogP contribution >= 0.6 is 23.4 Å². The number of halogens is 1. The Hall–Kier alpha value is -2.06. The zero-order valence-electron chi connectivity index (χ0n) is 14.9. The van der Waals surface area contributed by atoms with E-state index in [0.29, 0.717) is 41.3 Å². The number of rotatable bonds is 6. The third kappa shape index (κ3) is 5.01. The maximum absolute atomic E-state index is 12.6. The minimum absolute atomic E-state index is 0.118. The van der Waals surface area contributed by atoms with Crippen LogP contribution in [0.15, 0.2) is 33.9 Å². The molecule has 0 aliphatic carbocycles. The maximum atomic E-state index is 12.6. The van der Waals surface area contributed by atoms with Crippen LogP contribution in [0, 0.1) is 0 Å². The Bertz CT molecular complexity index is 813. The summed E-state index contributed by atoms with van der Waals surface area (Å²) in [5.74, 6) is -0.0146. The van der Waals surface area contributed by atoms with Crippen LogP contribution in [0.5, 0.6) is 0 Å². The summed E-state index contributed by atoms with van der Waals surface area (Å²) < 4.78 is 10.7. The molecule has 1 aliphatic heterocycles. The second kappa shape index (κ2) is 9.23. The first-order chi connectivity index (χ1) is 13.1. The van der Waals surface area contributed by atoms with Gasteiger partial charge in [-0.2, -0.15) is 0 Å². The molecule has 0 unspecified atom stereocenters. The molecule has 1 aromatic heterocycles. The number of carbonyl (C=O) groups excluding carboxylic acids is 2. The van der Waals surface area contributed by atoms with Crippen molar-refractivity contribution in [2.45, 2.75) is 37.5 Å². The van der Waals surface area contributed by atoms with Crippen molar-refractivity contribution in [3.05, 3.63) is 29.3 Å². The standard InChI is InChI=1S/C18H20ClN3O4S/c1-2-25-17(24)14-8-3-4-9-22(14)15(23)11-27-18-21-20-16(26-18)12-6-5-7-13(19)10-12/h5-7,10,14H,2-4,8-9,11H2,1H3/t14-/m0/s1. The quantitative estimate of drug-likeness (QED) is 0.533. The maximum Gasteiger partial charge on any atom is 0.328 e. The van der Waals surface area contributed by atoms with E-state index in [2.05, 4.69) is 10.2 Å². The fraction of sp³-hybridized carbons (Fsp3) is 0.444. The van der Waals surface area contributed by atoms with E-state index in [0.717, 1.165) is 24.6 Å². The molecule has 2 heterocycles. The molecular formula is C18H20ClN3O4S. The van der Waals surface area contributed by atoms with Crippen LogP contribution in [0.3, 0.4) is 0 Å². The molecule has 9 heteroatoms. The van der Waals surface area contributed by atoms with E-state index in [1.54, 1.807) is 30.0 Å². The van der Waals surface area contributed by atoms with Gasteiger partial charge >= 0.3 is 5.97 Å². The van der Waals surface area contributed by atoms with Gasteiger partial charge in [0.15, 0.2) is 0 Å². The lowest BCUT2D eigenvalue weighted by atomic mass is 10.0. The van der Waals surface area contributed by atoms with E-state index in [-0.39, 0.29) is 17.6 Å². The molecule has 0 saturated carbocycles. The summed E-state index contributed by atoms with van der Waals surface area (Å²) in [6.07, 6.45) is 2.42. The summed E-state index contributed by atoms with van der Waals surface area (Å²) in [4.78, 5) is 26.3. The van der Waals surface area contributed by atoms with Crippen molar-refractivity contribution in [2.75, 3.05) is 18.9 Å². The van der Waals surface area contributed by atoms with E-state index >= 15 is 0 Å². The highest BCUT2D eigenvalue weighted by Gasteiger charge is 2.33. The normalized spacial score (nSPS) is 17.0. The number of carbonyl (C=O) groups is 2. The summed E-state index contributed by atoms with van der Waals surface area (Å²) in [5.41, 5.74) is 0.714. The van der Waals surface area contributed by atoms with Gasteiger partial charge in [0.1, 0.15) is 6.04 Å². The summed E-state index contributed by atoms with van der Waals surface area (Å²) in [7, 11) is 0. The van der Waals surface area contributed by atoms with Crippen LogP contribution in [0.2, 0.25) is 5.02 Å². The number of hydrogen-bond donors (Lipinski definition) is 0. The number of ether oxygens (including phenoxy) is 1. The number of amides is 1. The van der Waals surface area contributed by atoms with Crippen molar-refractivity contribution in [1.29, 1.82) is 0 Å². The van der Waals surface area contributed by atoms with Gasteiger partial charge in [0.2, 0.25) is 11.8 Å². The molecule has 27 heavy (non-hydrogen) atoms. The Balaban J connectivity index is 1.61. The van der Waals surface area contributed by atoms with Crippen molar-refractivity contribution in [3.63, 3.8) is 0 Å². The predicted octanol–water partition coefficient (Wildman–Crippen LogP) is 3.43. The molecule has 3 rings (SSSR count). The number of hydrogen-bond acceptors (Lipinski definition) is 7. The fourth-order valence-electron chi connectivity index (χ4n) is 2.93. The van der Waals surface area contributed by atoms with E-state index in [1.807, 2.05) is 6.07 Å². The number of thioether (sulfide) groups is 1. The Morgan fingerprint density at radius 3 is 3.00 bits per heavy atom. The fourth-order valence-corrected chi connectivity index (χ4v) is 3.77. The topological polar surface area (TPSA) is 85.5 Å². The number of piperidine rings is 1. The van der Waals surface area contributed by atoms with Gasteiger partial charge in [-0.15, -0.1) is 10.2 Å². The van der Waals surface area contributed by atoms with E-state index < -0.39 is 6.04 Å². The molecule has 1 saturated heterocycles. The largest absolute Gasteiger partial charge is 0.464 e. The van der Waals surface area contributed by atoms with Crippen LogP contribution in [-0.2, 0) is 14.3 Å². The Kier molecular flexibility index (Phi) is 6.73. The third-order valence-corrected chi connectivity index (χ3v) is 5.22. The predicted molar refractivity (Wildman–Crippen MR) is 101 cm³/mol. The van der Waals surface area contributed by atoms with Crippen LogP contribution < -0.4 is 0 Å². The number of likely N-dealkylation sites (tertiary alicyclic amines) is 1. The Morgan fingerprint density at radius 2 is 2.22 bits per heavy atom. The molecule has 1 aliphatic rings. The molecule has 1 aromatic carbocycles. The zero-order valence-corrected chi connectivity index (χ0v) is 16.5. The molecule has 0 bridgehead atoms. The molecule has 2 aromatic rings. The number of aromatic nitrogens is 2. The first-order valence-corrected chi connectivity index (χ1v) is 10.1. The van der Waals surface area contributed by atoms with Crippen molar-refractivity contribution in [3.8, 4) is 11.5 Å². The zero-order chi connectivity index (χ0) is 19.2. The highest BCUT2D eigenvalue weighted by Crippen LogP contribution is 2.26. The van der Waals surface area contributed by atoms with Gasteiger partial charge in [-0.25, -0.2) is 4.79 Å². The van der Waals surface area contributed by atoms with Crippen LogP contribution in [0.4, 0.5) is 0 Å². The van der Waals surface area contributed by atoms with Gasteiger partial charge in [0.05, 0.1) is 12.4 Å². The molecule has 1 fully saturated rings. The number of nitrogens with zero attached hydrogens (tertiary/aromatic N) is 3. The number of esters is 1. The molecular weight excluding hydrogens is 390 g/mol. The first-order valence-electron chi connectivity index (χ1n) is 8.77. The lowest BCUT2D eigenvalue weighted by Gasteiger charge is -2.33. The summed E-state index contributed by atoms with van der Waals surface area (Å²) in [6.45, 7) is 2.62. The summed E-state index contributed by atoms with van der Waals surface area (Å²) >= 11 is 7.12. The minimum Gasteiger partial charge on any atom is -0.464 e. The van der Waals surface area contributed by atoms with E-state index in [1.165, 1.54) is 0 Å². The van der Waals surface area contributed by atoms with Crippen LogP contribution in [0.1, 0.15) is 26.2 Å². The van der Waals surface area contributed by atoms with E-state index in [4.69, 9.17) is 20.8 Å². The first kappa shape index (κ1) is 19.7. The van der Waals surface area contributed by atoms with Crippen LogP contribution in [-0.4, -0.2) is 51.9 Å². The molecule has 1 amide bonds. The molecule has 0 radical (unpaired) electrons. The van der Waals surface area contributed by atoms with Gasteiger partial charge < -0.3 is 14.1 Å². The minimum atomic E-state index is -0.503. The monoisotopic (exact) mass is 409 g/mol. The Morgan fingerprint density at radius 1 is 1.37 bits per heavy atom. The van der Waals surface area contributed by atoms with Gasteiger partial charge in [-0.3, -0.25) is 4.79 Å².